The maximum absolute atomic E-state index is 12.6. The summed E-state index contributed by atoms with van der Waals surface area (Å²) >= 11 is 0. The number of urea groups is 1. The second-order valence-corrected chi connectivity index (χ2v) is 7.72. The van der Waals surface area contributed by atoms with Crippen molar-refractivity contribution in [3.8, 4) is 0 Å². The number of carbonyl (C=O) groups excluding carboxylic acids is 2. The van der Waals surface area contributed by atoms with Gasteiger partial charge in [-0.1, -0.05) is 40.5 Å². The Balaban J connectivity index is 1.94. The second kappa shape index (κ2) is 6.99. The van der Waals surface area contributed by atoms with Gasteiger partial charge >= 0.3 is 6.03 Å². The summed E-state index contributed by atoms with van der Waals surface area (Å²) < 4.78 is 0. The molecule has 0 unspecified atom stereocenters. The SMILES string of the molecule is CC(C)CN(CCN1C(=O)NC2(CCCC2)C1=O)CC(C)C. The van der Waals surface area contributed by atoms with Crippen LogP contribution in [0.15, 0.2) is 0 Å². The number of hydrogen-bond donors (Lipinski definition) is 1. The third-order valence-corrected chi connectivity index (χ3v) is 4.59. The quantitative estimate of drug-likeness (QED) is 0.735. The second-order valence-electron chi connectivity index (χ2n) is 7.72. The van der Waals surface area contributed by atoms with Gasteiger partial charge in [-0.25, -0.2) is 4.79 Å². The summed E-state index contributed by atoms with van der Waals surface area (Å²) in [6.07, 6.45) is 3.67. The van der Waals surface area contributed by atoms with Crippen molar-refractivity contribution in [2.24, 2.45) is 11.8 Å². The molecule has 2 rings (SSSR count). The molecule has 1 heterocycles. The van der Waals surface area contributed by atoms with E-state index in [2.05, 4.69) is 37.9 Å². The van der Waals surface area contributed by atoms with Crippen molar-refractivity contribution >= 4 is 11.9 Å². The maximum atomic E-state index is 12.6. The van der Waals surface area contributed by atoms with Crippen molar-refractivity contribution in [2.75, 3.05) is 26.2 Å². The summed E-state index contributed by atoms with van der Waals surface area (Å²) in [6, 6.07) is -0.194. The number of carbonyl (C=O) groups is 2. The van der Waals surface area contributed by atoms with Crippen LogP contribution in [0.4, 0.5) is 4.79 Å². The summed E-state index contributed by atoms with van der Waals surface area (Å²) in [5, 5.41) is 2.95. The Kier molecular flexibility index (Phi) is 5.48. The Hall–Kier alpha value is -1.10. The molecule has 5 heteroatoms. The highest BCUT2D eigenvalue weighted by molar-refractivity contribution is 6.07. The van der Waals surface area contributed by atoms with Crippen LogP contribution in [-0.2, 0) is 4.79 Å². The lowest BCUT2D eigenvalue weighted by atomic mass is 9.98. The first-order chi connectivity index (χ1) is 10.3. The zero-order valence-electron chi connectivity index (χ0n) is 14.5. The van der Waals surface area contributed by atoms with E-state index in [4.69, 9.17) is 0 Å². The van der Waals surface area contributed by atoms with Crippen LogP contribution in [0.5, 0.6) is 0 Å². The number of nitrogens with zero attached hydrogens (tertiary/aromatic N) is 2. The minimum atomic E-state index is -0.571. The topological polar surface area (TPSA) is 52.6 Å². The van der Waals surface area contributed by atoms with Gasteiger partial charge in [-0.3, -0.25) is 9.69 Å². The van der Waals surface area contributed by atoms with Gasteiger partial charge in [0.05, 0.1) is 0 Å². The summed E-state index contributed by atoms with van der Waals surface area (Å²) in [6.45, 7) is 12.1. The standard InChI is InChI=1S/C17H31N3O2/c1-13(2)11-19(12-14(3)4)9-10-20-15(21)17(18-16(20)22)7-5-6-8-17/h13-14H,5-12H2,1-4H3,(H,18,22). The monoisotopic (exact) mass is 309 g/mol. The summed E-state index contributed by atoms with van der Waals surface area (Å²) in [5.41, 5.74) is -0.571. The molecule has 1 aliphatic carbocycles. The largest absolute Gasteiger partial charge is 0.325 e. The normalized spacial score (nSPS) is 21.0. The Bertz CT molecular complexity index is 404. The Morgan fingerprint density at radius 1 is 1.09 bits per heavy atom. The van der Waals surface area contributed by atoms with Crippen molar-refractivity contribution in [2.45, 2.75) is 58.9 Å². The molecule has 5 nitrogen and oxygen atoms in total. The molecule has 0 aromatic carbocycles. The van der Waals surface area contributed by atoms with Crippen LogP contribution in [0.1, 0.15) is 53.4 Å². The van der Waals surface area contributed by atoms with E-state index in [9.17, 15) is 9.59 Å². The highest BCUT2D eigenvalue weighted by Crippen LogP contribution is 2.34. The van der Waals surface area contributed by atoms with Gasteiger partial charge in [-0.2, -0.15) is 0 Å². The van der Waals surface area contributed by atoms with Gasteiger partial charge in [0, 0.05) is 26.2 Å². The number of nitrogens with one attached hydrogen (secondary N) is 1. The van der Waals surface area contributed by atoms with Crippen molar-refractivity contribution in [3.63, 3.8) is 0 Å². The van der Waals surface area contributed by atoms with Gasteiger partial charge in [0.1, 0.15) is 5.54 Å². The lowest BCUT2D eigenvalue weighted by Crippen LogP contribution is -2.45. The molecule has 0 bridgehead atoms. The van der Waals surface area contributed by atoms with Crippen molar-refractivity contribution in [1.29, 1.82) is 0 Å². The van der Waals surface area contributed by atoms with Gasteiger partial charge in [-0.05, 0) is 24.7 Å². The first-order valence-corrected chi connectivity index (χ1v) is 8.70. The lowest BCUT2D eigenvalue weighted by Gasteiger charge is -2.27. The van der Waals surface area contributed by atoms with E-state index >= 15 is 0 Å². The highest BCUT2D eigenvalue weighted by Gasteiger charge is 2.52. The van der Waals surface area contributed by atoms with E-state index < -0.39 is 5.54 Å². The fourth-order valence-corrected chi connectivity index (χ4v) is 3.73. The van der Waals surface area contributed by atoms with Crippen LogP contribution in [0.25, 0.3) is 0 Å². The maximum Gasteiger partial charge on any atom is 0.325 e. The van der Waals surface area contributed by atoms with E-state index in [0.717, 1.165) is 45.3 Å². The molecule has 1 aliphatic heterocycles. The predicted octanol–water partition coefficient (Wildman–Crippen LogP) is 2.46. The average molecular weight is 309 g/mol. The van der Waals surface area contributed by atoms with Crippen LogP contribution in [0.3, 0.4) is 0 Å². The van der Waals surface area contributed by atoms with E-state index in [-0.39, 0.29) is 11.9 Å². The molecule has 22 heavy (non-hydrogen) atoms. The van der Waals surface area contributed by atoms with Crippen LogP contribution >= 0.6 is 0 Å². The third-order valence-electron chi connectivity index (χ3n) is 4.59. The minimum absolute atomic E-state index is 0.00374. The molecule has 1 spiro atoms. The Morgan fingerprint density at radius 3 is 2.14 bits per heavy atom. The van der Waals surface area contributed by atoms with Crippen LogP contribution < -0.4 is 5.32 Å². The van der Waals surface area contributed by atoms with Gasteiger partial charge in [0.25, 0.3) is 5.91 Å². The Morgan fingerprint density at radius 2 is 1.64 bits per heavy atom. The minimum Gasteiger partial charge on any atom is -0.323 e. The van der Waals surface area contributed by atoms with Crippen LogP contribution in [-0.4, -0.2) is 53.5 Å². The number of rotatable bonds is 7. The van der Waals surface area contributed by atoms with Crippen molar-refractivity contribution < 1.29 is 9.59 Å². The molecule has 126 valence electrons. The third kappa shape index (κ3) is 3.80. The molecule has 1 saturated heterocycles. The molecule has 2 aliphatic rings. The molecule has 0 atom stereocenters. The fourth-order valence-electron chi connectivity index (χ4n) is 3.73. The van der Waals surface area contributed by atoms with Crippen molar-refractivity contribution in [1.82, 2.24) is 15.1 Å². The number of amides is 3. The molecule has 1 N–H and O–H groups in total. The molecule has 0 aromatic rings. The first kappa shape index (κ1) is 17.3. The zero-order chi connectivity index (χ0) is 16.3. The van der Waals surface area contributed by atoms with Gasteiger partial charge in [-0.15, -0.1) is 0 Å². The summed E-state index contributed by atoms with van der Waals surface area (Å²) in [5.74, 6) is 1.18. The lowest BCUT2D eigenvalue weighted by molar-refractivity contribution is -0.131. The molecular weight excluding hydrogens is 278 g/mol. The van der Waals surface area contributed by atoms with Gasteiger partial charge in [0.15, 0.2) is 0 Å². The predicted molar refractivity (Wildman–Crippen MR) is 87.6 cm³/mol. The molecule has 0 aromatic heterocycles. The summed E-state index contributed by atoms with van der Waals surface area (Å²) in [4.78, 5) is 28.6. The molecular formula is C17H31N3O2. The summed E-state index contributed by atoms with van der Waals surface area (Å²) in [7, 11) is 0. The Labute approximate surface area is 134 Å². The first-order valence-electron chi connectivity index (χ1n) is 8.70. The van der Waals surface area contributed by atoms with E-state index in [0.29, 0.717) is 18.4 Å². The van der Waals surface area contributed by atoms with E-state index in [1.54, 1.807) is 0 Å². The molecule has 2 fully saturated rings. The molecule has 0 radical (unpaired) electrons. The number of imide groups is 1. The van der Waals surface area contributed by atoms with Crippen molar-refractivity contribution in [3.05, 3.63) is 0 Å². The van der Waals surface area contributed by atoms with Gasteiger partial charge < -0.3 is 10.2 Å². The zero-order valence-corrected chi connectivity index (χ0v) is 14.5. The fraction of sp³-hybridized carbons (Fsp3) is 0.882. The van der Waals surface area contributed by atoms with Crippen LogP contribution in [0, 0.1) is 11.8 Å². The smallest absolute Gasteiger partial charge is 0.323 e. The highest BCUT2D eigenvalue weighted by atomic mass is 16.2. The average Bonchev–Trinajstić information content (AvgIpc) is 2.94. The van der Waals surface area contributed by atoms with Crippen LogP contribution in [0.2, 0.25) is 0 Å². The van der Waals surface area contributed by atoms with Gasteiger partial charge in [0.2, 0.25) is 0 Å². The number of hydrogen-bond acceptors (Lipinski definition) is 3. The van der Waals surface area contributed by atoms with E-state index in [1.165, 1.54) is 4.90 Å². The molecule has 1 saturated carbocycles. The van der Waals surface area contributed by atoms with E-state index in [1.807, 2.05) is 0 Å². The molecule has 3 amide bonds.